The second-order valence-electron chi connectivity index (χ2n) is 10.5. The fraction of sp³-hybridized carbons (Fsp3) is 0.519. The molecule has 1 spiro atoms. The molecular formula is C27H34N4O4. The van der Waals surface area contributed by atoms with E-state index in [2.05, 4.69) is 11.9 Å². The van der Waals surface area contributed by atoms with E-state index in [0.29, 0.717) is 48.8 Å². The van der Waals surface area contributed by atoms with Crippen LogP contribution in [0, 0.1) is 13.8 Å². The summed E-state index contributed by atoms with van der Waals surface area (Å²) >= 11 is 0. The highest BCUT2D eigenvalue weighted by molar-refractivity contribution is 6.03. The molecule has 0 N–H and O–H groups in total. The smallest absolute Gasteiger partial charge is 0.257 e. The van der Waals surface area contributed by atoms with E-state index in [-0.39, 0.29) is 23.8 Å². The molecule has 8 heteroatoms. The number of piperazine rings is 1. The van der Waals surface area contributed by atoms with Crippen molar-refractivity contribution in [1.82, 2.24) is 19.6 Å². The predicted molar refractivity (Wildman–Crippen MR) is 131 cm³/mol. The number of amides is 3. The fourth-order valence-corrected chi connectivity index (χ4v) is 6.13. The minimum atomic E-state index is -0.775. The van der Waals surface area contributed by atoms with Crippen molar-refractivity contribution in [2.45, 2.75) is 45.2 Å². The summed E-state index contributed by atoms with van der Waals surface area (Å²) in [5.74, 6) is 0.620. The zero-order valence-corrected chi connectivity index (χ0v) is 21.2. The number of rotatable bonds is 3. The number of likely N-dealkylation sites (tertiary alicyclic amines) is 1. The molecule has 4 heterocycles. The highest BCUT2D eigenvalue weighted by Gasteiger charge is 2.63. The van der Waals surface area contributed by atoms with Gasteiger partial charge in [0.2, 0.25) is 5.91 Å². The van der Waals surface area contributed by atoms with Crippen LogP contribution >= 0.6 is 0 Å². The molecule has 186 valence electrons. The summed E-state index contributed by atoms with van der Waals surface area (Å²) in [4.78, 5) is 49.0. The van der Waals surface area contributed by atoms with E-state index < -0.39 is 11.5 Å². The molecule has 1 aromatic carbocycles. The van der Waals surface area contributed by atoms with Crippen molar-refractivity contribution in [2.75, 3.05) is 46.3 Å². The van der Waals surface area contributed by atoms with Crippen LogP contribution < -0.4 is 0 Å². The Kier molecular flexibility index (Phi) is 5.74. The molecule has 2 saturated heterocycles. The fourth-order valence-electron chi connectivity index (χ4n) is 6.13. The van der Waals surface area contributed by atoms with E-state index in [4.69, 9.17) is 4.42 Å². The quantitative estimate of drug-likeness (QED) is 0.678. The molecule has 2 aromatic rings. The van der Waals surface area contributed by atoms with E-state index >= 15 is 0 Å². The van der Waals surface area contributed by atoms with Gasteiger partial charge < -0.3 is 24.0 Å². The first kappa shape index (κ1) is 23.6. The summed E-state index contributed by atoms with van der Waals surface area (Å²) < 4.78 is 5.58. The highest BCUT2D eigenvalue weighted by atomic mass is 16.3. The topological polar surface area (TPSA) is 77.3 Å². The number of hydrogen-bond donors (Lipinski definition) is 0. The summed E-state index contributed by atoms with van der Waals surface area (Å²) in [7, 11) is 2.06. The second-order valence-corrected chi connectivity index (χ2v) is 10.5. The average molecular weight is 479 g/mol. The molecule has 1 aromatic heterocycles. The number of likely N-dealkylation sites (N-methyl/N-ethyl adjacent to an activating group) is 1. The SMILES string of the molecule is Cc1cc(C(=O)N2CC3(C2)C(C(=O)N2CCN(C)CC2)c2ccccc2C(=O)N3C(C)C)c(C)o1. The number of carbonyl (C=O) groups is 3. The normalized spacial score (nSPS) is 21.9. The zero-order chi connectivity index (χ0) is 25.1. The van der Waals surface area contributed by atoms with Crippen molar-refractivity contribution in [1.29, 1.82) is 0 Å². The predicted octanol–water partition coefficient (Wildman–Crippen LogP) is 2.51. The number of aryl methyl sites for hydroxylation is 2. The lowest BCUT2D eigenvalue weighted by Crippen LogP contribution is -2.78. The van der Waals surface area contributed by atoms with Crippen molar-refractivity contribution in [3.05, 3.63) is 58.5 Å². The average Bonchev–Trinajstić information content (AvgIpc) is 3.14. The van der Waals surface area contributed by atoms with Gasteiger partial charge in [-0.2, -0.15) is 0 Å². The van der Waals surface area contributed by atoms with E-state index in [1.165, 1.54) is 0 Å². The molecule has 0 saturated carbocycles. The molecule has 1 atom stereocenters. The summed E-state index contributed by atoms with van der Waals surface area (Å²) in [6, 6.07) is 9.13. The Morgan fingerprint density at radius 1 is 1.03 bits per heavy atom. The standard InChI is InChI=1S/C27H34N4O4/c1-17(2)31-25(33)21-9-7-6-8-20(21)23(26(34)29-12-10-28(5)11-13-29)27(31)15-30(16-27)24(32)22-14-18(3)35-19(22)4/h6-9,14,17,23H,10-13,15-16H2,1-5H3. The molecule has 0 aliphatic carbocycles. The lowest BCUT2D eigenvalue weighted by atomic mass is 9.67. The maximum absolute atomic E-state index is 14.2. The first-order chi connectivity index (χ1) is 16.6. The maximum atomic E-state index is 14.2. The van der Waals surface area contributed by atoms with Gasteiger partial charge in [-0.3, -0.25) is 14.4 Å². The van der Waals surface area contributed by atoms with Gasteiger partial charge in [-0.25, -0.2) is 0 Å². The van der Waals surface area contributed by atoms with Gasteiger partial charge in [0.15, 0.2) is 0 Å². The number of hydrogen-bond acceptors (Lipinski definition) is 5. The second kappa shape index (κ2) is 8.52. The van der Waals surface area contributed by atoms with E-state index in [1.54, 1.807) is 17.9 Å². The molecule has 1 unspecified atom stereocenters. The monoisotopic (exact) mass is 478 g/mol. The summed E-state index contributed by atoms with van der Waals surface area (Å²) in [5, 5.41) is 0. The third-order valence-corrected chi connectivity index (χ3v) is 7.80. The largest absolute Gasteiger partial charge is 0.466 e. The van der Waals surface area contributed by atoms with Crippen molar-refractivity contribution in [2.24, 2.45) is 0 Å². The van der Waals surface area contributed by atoms with Gasteiger partial charge in [-0.1, -0.05) is 18.2 Å². The number of benzene rings is 1. The first-order valence-electron chi connectivity index (χ1n) is 12.4. The molecule has 3 aliphatic rings. The Balaban J connectivity index is 1.55. The van der Waals surface area contributed by atoms with E-state index in [1.807, 2.05) is 54.8 Å². The van der Waals surface area contributed by atoms with Gasteiger partial charge in [-0.15, -0.1) is 0 Å². The molecule has 0 radical (unpaired) electrons. The number of fused-ring (bicyclic) bond motifs is 1. The summed E-state index contributed by atoms with van der Waals surface area (Å²) in [6.45, 7) is 11.2. The van der Waals surface area contributed by atoms with Crippen LogP contribution in [0.1, 0.15) is 57.6 Å². The van der Waals surface area contributed by atoms with E-state index in [0.717, 1.165) is 18.7 Å². The summed E-state index contributed by atoms with van der Waals surface area (Å²) in [6.07, 6.45) is 0. The molecule has 0 bridgehead atoms. The van der Waals surface area contributed by atoms with Crippen LogP contribution in [0.25, 0.3) is 0 Å². The highest BCUT2D eigenvalue weighted by Crippen LogP contribution is 2.48. The molecular weight excluding hydrogens is 444 g/mol. The van der Waals surface area contributed by atoms with Crippen molar-refractivity contribution < 1.29 is 18.8 Å². The Labute approximate surface area is 206 Å². The van der Waals surface area contributed by atoms with Gasteiger partial charge in [0.25, 0.3) is 11.8 Å². The minimum Gasteiger partial charge on any atom is -0.466 e. The lowest BCUT2D eigenvalue weighted by Gasteiger charge is -2.62. The lowest BCUT2D eigenvalue weighted by molar-refractivity contribution is -0.144. The van der Waals surface area contributed by atoms with Crippen molar-refractivity contribution in [3.8, 4) is 0 Å². The van der Waals surface area contributed by atoms with Gasteiger partial charge in [-0.05, 0) is 52.4 Å². The number of nitrogens with zero attached hydrogens (tertiary/aromatic N) is 4. The van der Waals surface area contributed by atoms with Crippen LogP contribution in [-0.4, -0.2) is 95.2 Å². The van der Waals surface area contributed by atoms with Gasteiger partial charge in [0.1, 0.15) is 11.5 Å². The molecule has 5 rings (SSSR count). The Morgan fingerprint density at radius 2 is 1.69 bits per heavy atom. The van der Waals surface area contributed by atoms with Crippen LogP contribution in [0.4, 0.5) is 0 Å². The van der Waals surface area contributed by atoms with Crippen LogP contribution in [0.3, 0.4) is 0 Å². The van der Waals surface area contributed by atoms with Gasteiger partial charge in [0, 0.05) is 50.9 Å². The van der Waals surface area contributed by atoms with Crippen molar-refractivity contribution >= 4 is 17.7 Å². The van der Waals surface area contributed by atoms with E-state index in [9.17, 15) is 14.4 Å². The Bertz CT molecular complexity index is 1170. The van der Waals surface area contributed by atoms with Gasteiger partial charge >= 0.3 is 0 Å². The van der Waals surface area contributed by atoms with Crippen LogP contribution in [0.5, 0.6) is 0 Å². The Hall–Kier alpha value is -3.13. The third-order valence-electron chi connectivity index (χ3n) is 7.80. The molecule has 35 heavy (non-hydrogen) atoms. The molecule has 3 amide bonds. The minimum absolute atomic E-state index is 0.0473. The Morgan fingerprint density at radius 3 is 2.29 bits per heavy atom. The summed E-state index contributed by atoms with van der Waals surface area (Å²) in [5.41, 5.74) is 1.13. The van der Waals surface area contributed by atoms with Crippen LogP contribution in [0.15, 0.2) is 34.7 Å². The number of carbonyl (C=O) groups excluding carboxylic acids is 3. The van der Waals surface area contributed by atoms with Crippen LogP contribution in [0.2, 0.25) is 0 Å². The first-order valence-corrected chi connectivity index (χ1v) is 12.4. The third kappa shape index (κ3) is 3.66. The maximum Gasteiger partial charge on any atom is 0.257 e. The van der Waals surface area contributed by atoms with Crippen molar-refractivity contribution in [3.63, 3.8) is 0 Å². The van der Waals surface area contributed by atoms with Gasteiger partial charge in [0.05, 0.1) is 17.0 Å². The molecule has 2 fully saturated rings. The van der Waals surface area contributed by atoms with Crippen LogP contribution in [-0.2, 0) is 4.79 Å². The number of furan rings is 1. The molecule has 3 aliphatic heterocycles. The zero-order valence-electron chi connectivity index (χ0n) is 21.2. The molecule has 8 nitrogen and oxygen atoms in total.